The Kier molecular flexibility index (Phi) is 148. The first-order valence-electron chi connectivity index (χ1n) is 2.92. The molecule has 0 spiro atoms. The van der Waals surface area contributed by atoms with Gasteiger partial charge in [-0.3, -0.25) is 13.6 Å². The Morgan fingerprint density at radius 2 is 1.23 bits per heavy atom. The van der Waals surface area contributed by atoms with Gasteiger partial charge in [0.25, 0.3) is 0 Å². The van der Waals surface area contributed by atoms with Gasteiger partial charge >= 0.3 is 19.5 Å². The van der Waals surface area contributed by atoms with Gasteiger partial charge in [-0.25, -0.2) is 0 Å². The molecule has 0 aromatic rings. The fraction of sp³-hybridized carbons (Fsp3) is 0.500. The summed E-state index contributed by atoms with van der Waals surface area (Å²) >= 11 is 0. The van der Waals surface area contributed by atoms with Crippen molar-refractivity contribution in [2.75, 3.05) is 7.05 Å². The summed E-state index contributed by atoms with van der Waals surface area (Å²) in [6.07, 6.45) is 0. The molecule has 0 aliphatic heterocycles. The summed E-state index contributed by atoms with van der Waals surface area (Å²) < 4.78 is 0. The van der Waals surface area contributed by atoms with Crippen molar-refractivity contribution in [1.29, 1.82) is 0 Å². The Morgan fingerprint density at radius 3 is 1.23 bits per heavy atom. The minimum Gasteiger partial charge on any atom is -0.545 e. The second kappa shape index (κ2) is 65.4. The topological polar surface area (TPSA) is 50.5 Å². The van der Waals surface area contributed by atoms with Crippen LogP contribution in [-0.4, -0.2) is 20.6 Å². The maximum atomic E-state index is 7.75. The van der Waals surface area contributed by atoms with E-state index in [0.29, 0.717) is 0 Å². The van der Waals surface area contributed by atoms with E-state index in [1.807, 2.05) is 0 Å². The normalized spacial score (nSPS) is 4.62. The summed E-state index contributed by atoms with van der Waals surface area (Å²) in [4.78, 5) is 18.2. The number of hydrogen-bond acceptors (Lipinski definition) is 3. The number of nitrogens with one attached hydrogen (secondary N) is 1. The van der Waals surface area contributed by atoms with Gasteiger partial charge < -0.3 is 15.5 Å². The molecular formula is C8H15N2O2Ru+. The van der Waals surface area contributed by atoms with Gasteiger partial charge in [0, 0.05) is 0 Å². The third kappa shape index (κ3) is 15000. The third-order valence-electron chi connectivity index (χ3n) is 0.112. The summed E-state index contributed by atoms with van der Waals surface area (Å²) in [6.45, 7) is 18.7. The summed E-state index contributed by atoms with van der Waals surface area (Å²) in [5.41, 5.74) is 2.22. The first-order valence-corrected chi connectivity index (χ1v) is 2.92. The zero-order valence-electron chi connectivity index (χ0n) is 8.27. The molecule has 1 N–H and O–H groups in total. The molecule has 0 fully saturated rings. The van der Waals surface area contributed by atoms with Crippen LogP contribution in [0.5, 0.6) is 0 Å². The fourth-order valence-electron chi connectivity index (χ4n) is 0. The molecule has 0 aromatic heterocycles. The molecule has 0 aliphatic rings. The molecule has 13 heavy (non-hydrogen) atoms. The molecule has 0 bridgehead atoms. The molecule has 5 heteroatoms. The van der Waals surface area contributed by atoms with Crippen LogP contribution in [0.4, 0.5) is 0 Å². The molecule has 0 radical (unpaired) electrons. The fourth-order valence-corrected chi connectivity index (χ4v) is 0. The van der Waals surface area contributed by atoms with Crippen LogP contribution >= 0.6 is 0 Å². The zero-order chi connectivity index (χ0) is 11.0. The minimum absolute atomic E-state index is 0. The van der Waals surface area contributed by atoms with E-state index in [1.165, 1.54) is 5.92 Å². The standard InChI is InChI=1S/C4H9.C2H4N2.2CHO.Ru/c1-4(2)3;1-3-4-2;2*1-2;/h1-3H3;3H,1H3;2*1H;/q-1;;2*-1;+4. The molecule has 0 aliphatic carbocycles. The summed E-state index contributed by atoms with van der Waals surface area (Å²) in [6, 6.07) is 0. The van der Waals surface area contributed by atoms with Crippen LogP contribution in [0.1, 0.15) is 20.8 Å². The van der Waals surface area contributed by atoms with Gasteiger partial charge in [-0.05, 0) is 0 Å². The van der Waals surface area contributed by atoms with Crippen molar-refractivity contribution < 1.29 is 29.1 Å². The molecule has 0 saturated carbocycles. The first kappa shape index (κ1) is 29.5. The summed E-state index contributed by atoms with van der Waals surface area (Å²) in [7, 11) is 1.58. The number of hydrogen-bond donors (Lipinski definition) is 1. The maximum absolute atomic E-state index is 7.75. The zero-order valence-corrected chi connectivity index (χ0v) is 10.0. The molecule has 0 unspecified atom stereocenters. The van der Waals surface area contributed by atoms with Crippen molar-refractivity contribution in [3.63, 3.8) is 0 Å². The number of nitrogens with zero attached hydrogens (tertiary/aromatic N) is 1. The molecule has 76 valence electrons. The number of carbonyl (C=O) groups excluding carboxylic acids is 2. The van der Waals surface area contributed by atoms with Crippen LogP contribution in [-0.2, 0) is 29.1 Å². The average Bonchev–Trinajstić information content (AvgIpc) is 2.10. The van der Waals surface area contributed by atoms with Crippen LogP contribution < -0.4 is 5.43 Å². The molecule has 0 amide bonds. The predicted molar refractivity (Wildman–Crippen MR) is 49.4 cm³/mol. The van der Waals surface area contributed by atoms with Gasteiger partial charge in [-0.15, -0.1) is 5.43 Å². The average molecular weight is 272 g/mol. The van der Waals surface area contributed by atoms with E-state index in [9.17, 15) is 0 Å². The molecule has 0 aromatic carbocycles. The maximum Gasteiger partial charge on any atom is 4.00 e. The van der Waals surface area contributed by atoms with Crippen LogP contribution in [0.2, 0.25) is 0 Å². The van der Waals surface area contributed by atoms with E-state index >= 15 is 0 Å². The van der Waals surface area contributed by atoms with E-state index in [0.717, 1.165) is 0 Å². The van der Waals surface area contributed by atoms with Gasteiger partial charge in [-0.1, -0.05) is 0 Å². The van der Waals surface area contributed by atoms with Crippen LogP contribution in [0.25, 0.3) is 4.95 Å². The minimum atomic E-state index is 0. The SMILES string of the molecule is C[C-](C)C.[C-]#[N+]NC.[CH-]=O.[CH-]=O.[Ru+4]. The predicted octanol–water partition coefficient (Wildman–Crippen LogP) is 1.11. The van der Waals surface area contributed by atoms with E-state index in [4.69, 9.17) is 16.2 Å². The van der Waals surface area contributed by atoms with Crippen molar-refractivity contribution >= 4 is 13.6 Å². The Hall–Kier alpha value is -0.747. The molecule has 4 nitrogen and oxygen atoms in total. The Morgan fingerprint density at radius 1 is 1.15 bits per heavy atom. The van der Waals surface area contributed by atoms with Crippen LogP contribution in [0, 0.1) is 12.5 Å². The van der Waals surface area contributed by atoms with Crippen molar-refractivity contribution in [3.05, 3.63) is 17.4 Å². The smallest absolute Gasteiger partial charge is 0.545 e. The summed E-state index contributed by atoms with van der Waals surface area (Å²) in [5, 5.41) is 0. The van der Waals surface area contributed by atoms with Crippen LogP contribution in [0.3, 0.4) is 0 Å². The van der Waals surface area contributed by atoms with Crippen LogP contribution in [0.15, 0.2) is 0 Å². The van der Waals surface area contributed by atoms with Gasteiger partial charge in [0.1, 0.15) is 0 Å². The summed E-state index contributed by atoms with van der Waals surface area (Å²) in [5.74, 6) is 1.42. The van der Waals surface area contributed by atoms with E-state index in [2.05, 4.69) is 44.7 Å². The Balaban J connectivity index is -0.0000000226. The van der Waals surface area contributed by atoms with E-state index in [-0.39, 0.29) is 19.5 Å². The van der Waals surface area contributed by atoms with E-state index in [1.54, 1.807) is 7.05 Å². The monoisotopic (exact) mass is 273 g/mol. The second-order valence-corrected chi connectivity index (χ2v) is 1.84. The first-order chi connectivity index (χ1) is 5.65. The van der Waals surface area contributed by atoms with Gasteiger partial charge in [0.15, 0.2) is 0 Å². The Labute approximate surface area is 93.6 Å². The molecular weight excluding hydrogens is 257 g/mol. The molecule has 0 atom stereocenters. The third-order valence-corrected chi connectivity index (χ3v) is 0.112. The van der Waals surface area contributed by atoms with Gasteiger partial charge in [-0.2, -0.15) is 32.3 Å². The molecule has 0 saturated heterocycles. The molecule has 0 rings (SSSR count). The quantitative estimate of drug-likeness (QED) is 0.311. The van der Waals surface area contributed by atoms with Crippen molar-refractivity contribution in [2.45, 2.75) is 20.8 Å². The largest absolute Gasteiger partial charge is 4.00 e. The van der Waals surface area contributed by atoms with Gasteiger partial charge in [0.2, 0.25) is 0 Å². The van der Waals surface area contributed by atoms with Crippen molar-refractivity contribution in [3.8, 4) is 0 Å². The van der Waals surface area contributed by atoms with Crippen molar-refractivity contribution in [2.24, 2.45) is 0 Å². The van der Waals surface area contributed by atoms with Gasteiger partial charge in [0.05, 0.1) is 7.05 Å². The Bertz CT molecular complexity index is 89.9. The van der Waals surface area contributed by atoms with E-state index < -0.39 is 0 Å². The molecule has 0 heterocycles. The van der Waals surface area contributed by atoms with Crippen molar-refractivity contribution in [1.82, 2.24) is 5.43 Å². The second-order valence-electron chi connectivity index (χ2n) is 1.84. The number of rotatable bonds is 0.